The van der Waals surface area contributed by atoms with Crippen molar-refractivity contribution in [3.05, 3.63) is 0 Å². The smallest absolute Gasteiger partial charge is 0.368 e. The number of hydrogen-bond acceptors (Lipinski definition) is 3. The van der Waals surface area contributed by atoms with Crippen LogP contribution in [-0.2, 0) is 9.53 Å². The van der Waals surface area contributed by atoms with Crippen LogP contribution in [0, 0.1) is 0 Å². The van der Waals surface area contributed by atoms with Crippen LogP contribution in [0.25, 0.3) is 0 Å². The average Bonchev–Trinajstić information content (AvgIpc) is 1.82. The van der Waals surface area contributed by atoms with Gasteiger partial charge in [-0.25, -0.2) is 4.79 Å². The van der Waals surface area contributed by atoms with E-state index in [0.717, 1.165) is 0 Å². The third kappa shape index (κ3) is 4.31. The molecule has 0 unspecified atom stereocenters. The third-order valence-electron chi connectivity index (χ3n) is 1.29. The summed E-state index contributed by atoms with van der Waals surface area (Å²) < 4.78 is 5.00. The van der Waals surface area contributed by atoms with Crippen LogP contribution in [0.2, 0.25) is 0 Å². The van der Waals surface area contributed by atoms with Gasteiger partial charge in [0.2, 0.25) is 6.04 Å². The summed E-state index contributed by atoms with van der Waals surface area (Å²) in [6, 6.07) is -0.704. The molecule has 0 aromatic carbocycles. The Morgan fingerprint density at radius 3 is 2.17 bits per heavy atom. The average molecular weight is 176 g/mol. The van der Waals surface area contributed by atoms with Gasteiger partial charge in [0.15, 0.2) is 0 Å². The summed E-state index contributed by atoms with van der Waals surface area (Å²) in [5.74, 6) is -0.461. The largest absolute Gasteiger partial charge is 0.456 e. The van der Waals surface area contributed by atoms with Crippen LogP contribution in [0.3, 0.4) is 0 Å². The molecule has 0 fully saturated rings. The number of carbonyl (C=O) groups excluding carboxylic acids is 1. The molecule has 0 saturated heterocycles. The Kier molecular flexibility index (Phi) is 3.67. The first-order valence-corrected chi connectivity index (χ1v) is 3.98. The van der Waals surface area contributed by atoms with E-state index in [1.165, 1.54) is 6.92 Å². The van der Waals surface area contributed by atoms with Crippen LogP contribution >= 0.6 is 0 Å². The molecular formula is C8H18NO3+. The zero-order chi connectivity index (χ0) is 9.94. The van der Waals surface area contributed by atoms with Gasteiger partial charge in [0, 0.05) is 0 Å². The monoisotopic (exact) mass is 176 g/mol. The lowest BCUT2D eigenvalue weighted by atomic mass is 10.1. The van der Waals surface area contributed by atoms with Crippen molar-refractivity contribution in [2.75, 3.05) is 0 Å². The lowest BCUT2D eigenvalue weighted by Gasteiger charge is -2.21. The van der Waals surface area contributed by atoms with Gasteiger partial charge >= 0.3 is 5.97 Å². The van der Waals surface area contributed by atoms with E-state index in [9.17, 15) is 4.79 Å². The van der Waals surface area contributed by atoms with E-state index in [2.05, 4.69) is 5.73 Å². The SMILES string of the molecule is C[C@H](O)[C@H]([NH3+])C(=O)OC(C)(C)C. The summed E-state index contributed by atoms with van der Waals surface area (Å²) >= 11 is 0. The van der Waals surface area contributed by atoms with Crippen molar-refractivity contribution in [2.45, 2.75) is 45.4 Å². The van der Waals surface area contributed by atoms with E-state index in [-0.39, 0.29) is 0 Å². The van der Waals surface area contributed by atoms with Gasteiger partial charge in [-0.15, -0.1) is 0 Å². The molecule has 0 aliphatic carbocycles. The molecule has 0 aliphatic rings. The van der Waals surface area contributed by atoms with Crippen LogP contribution in [0.5, 0.6) is 0 Å². The predicted molar refractivity (Wildman–Crippen MR) is 44.2 cm³/mol. The fraction of sp³-hybridized carbons (Fsp3) is 0.875. The normalized spacial score (nSPS) is 16.8. The summed E-state index contributed by atoms with van der Waals surface area (Å²) in [6.07, 6.45) is -0.764. The molecule has 0 rings (SSSR count). The number of aliphatic hydroxyl groups excluding tert-OH is 1. The molecule has 0 bridgehead atoms. The highest BCUT2D eigenvalue weighted by molar-refractivity contribution is 5.75. The first-order valence-electron chi connectivity index (χ1n) is 3.98. The Morgan fingerprint density at radius 1 is 1.50 bits per heavy atom. The van der Waals surface area contributed by atoms with Gasteiger partial charge in [0.05, 0.1) is 0 Å². The fourth-order valence-electron chi connectivity index (χ4n) is 0.574. The van der Waals surface area contributed by atoms with Gasteiger partial charge < -0.3 is 15.6 Å². The zero-order valence-electron chi connectivity index (χ0n) is 8.13. The highest BCUT2D eigenvalue weighted by Crippen LogP contribution is 2.08. The Hall–Kier alpha value is -0.610. The van der Waals surface area contributed by atoms with Crippen molar-refractivity contribution in [1.29, 1.82) is 0 Å². The maximum absolute atomic E-state index is 11.2. The summed E-state index contributed by atoms with van der Waals surface area (Å²) in [4.78, 5) is 11.2. The van der Waals surface area contributed by atoms with Crippen molar-refractivity contribution in [3.63, 3.8) is 0 Å². The second kappa shape index (κ2) is 3.87. The van der Waals surface area contributed by atoms with E-state index in [1.807, 2.05) is 0 Å². The van der Waals surface area contributed by atoms with Crippen LogP contribution in [0.15, 0.2) is 0 Å². The van der Waals surface area contributed by atoms with Crippen LogP contribution in [0.4, 0.5) is 0 Å². The van der Waals surface area contributed by atoms with Gasteiger partial charge in [-0.2, -0.15) is 0 Å². The highest BCUT2D eigenvalue weighted by atomic mass is 16.6. The molecule has 4 heteroatoms. The lowest BCUT2D eigenvalue weighted by Crippen LogP contribution is -2.70. The molecule has 0 aromatic heterocycles. The van der Waals surface area contributed by atoms with Crippen molar-refractivity contribution in [1.82, 2.24) is 0 Å². The minimum atomic E-state index is -0.764. The number of esters is 1. The molecule has 4 nitrogen and oxygen atoms in total. The van der Waals surface area contributed by atoms with E-state index in [1.54, 1.807) is 20.8 Å². The Labute approximate surface area is 72.7 Å². The third-order valence-corrected chi connectivity index (χ3v) is 1.29. The number of ether oxygens (including phenoxy) is 1. The second-order valence-electron chi connectivity index (χ2n) is 3.88. The maximum atomic E-state index is 11.2. The zero-order valence-corrected chi connectivity index (χ0v) is 8.13. The van der Waals surface area contributed by atoms with Gasteiger partial charge in [-0.1, -0.05) is 0 Å². The molecule has 0 aliphatic heterocycles. The van der Waals surface area contributed by atoms with E-state index in [4.69, 9.17) is 9.84 Å². The van der Waals surface area contributed by atoms with Crippen molar-refractivity contribution < 1.29 is 20.4 Å². The predicted octanol–water partition coefficient (Wildman–Crippen LogP) is -0.681. The molecule has 2 atom stereocenters. The molecule has 0 heterocycles. The van der Waals surface area contributed by atoms with Crippen LogP contribution in [0.1, 0.15) is 27.7 Å². The Bertz CT molecular complexity index is 160. The van der Waals surface area contributed by atoms with E-state index < -0.39 is 23.7 Å². The number of carbonyl (C=O) groups is 1. The standard InChI is InChI=1S/C8H17NO3/c1-5(10)6(9)7(11)12-8(2,3)4/h5-6,10H,9H2,1-4H3/p+1/t5-,6-/m0/s1. The summed E-state index contributed by atoms with van der Waals surface area (Å²) in [7, 11) is 0. The maximum Gasteiger partial charge on any atom is 0.368 e. The first-order chi connectivity index (χ1) is 5.24. The number of aliphatic hydroxyl groups is 1. The number of rotatable bonds is 2. The molecule has 0 aromatic rings. The molecule has 72 valence electrons. The molecule has 0 amide bonds. The highest BCUT2D eigenvalue weighted by Gasteiger charge is 2.28. The second-order valence-corrected chi connectivity index (χ2v) is 3.88. The fourth-order valence-corrected chi connectivity index (χ4v) is 0.574. The molecule has 12 heavy (non-hydrogen) atoms. The summed E-state index contributed by atoms with van der Waals surface area (Å²) in [6.45, 7) is 6.85. The summed E-state index contributed by atoms with van der Waals surface area (Å²) in [5, 5.41) is 9.02. The Morgan fingerprint density at radius 2 is 1.92 bits per heavy atom. The van der Waals surface area contributed by atoms with Crippen molar-refractivity contribution in [3.8, 4) is 0 Å². The van der Waals surface area contributed by atoms with Crippen molar-refractivity contribution >= 4 is 5.97 Å². The number of hydrogen-bond donors (Lipinski definition) is 2. The van der Waals surface area contributed by atoms with Crippen molar-refractivity contribution in [2.24, 2.45) is 0 Å². The van der Waals surface area contributed by atoms with Gasteiger partial charge in [-0.05, 0) is 27.7 Å². The van der Waals surface area contributed by atoms with Crippen LogP contribution < -0.4 is 5.73 Å². The number of quaternary nitrogens is 1. The molecule has 0 saturated carbocycles. The molecular weight excluding hydrogens is 158 g/mol. The first kappa shape index (κ1) is 11.4. The molecule has 4 N–H and O–H groups in total. The molecule has 0 spiro atoms. The van der Waals surface area contributed by atoms with Gasteiger partial charge in [0.25, 0.3) is 0 Å². The van der Waals surface area contributed by atoms with Gasteiger partial charge in [0.1, 0.15) is 11.7 Å². The quantitative estimate of drug-likeness (QED) is 0.547. The van der Waals surface area contributed by atoms with E-state index in [0.29, 0.717) is 0 Å². The summed E-state index contributed by atoms with van der Waals surface area (Å²) in [5.41, 5.74) is 2.99. The molecule has 0 radical (unpaired) electrons. The minimum Gasteiger partial charge on any atom is -0.456 e. The van der Waals surface area contributed by atoms with E-state index >= 15 is 0 Å². The minimum absolute atomic E-state index is 0.461. The lowest BCUT2D eigenvalue weighted by molar-refractivity contribution is -0.425. The topological polar surface area (TPSA) is 74.2 Å². The van der Waals surface area contributed by atoms with Gasteiger partial charge in [-0.3, -0.25) is 0 Å². The Balaban J connectivity index is 4.05. The van der Waals surface area contributed by atoms with Crippen LogP contribution in [-0.4, -0.2) is 28.8 Å².